The van der Waals surface area contributed by atoms with Crippen LogP contribution in [0.15, 0.2) is 42.5 Å². The molecule has 0 saturated heterocycles. The molecule has 0 aliphatic heterocycles. The van der Waals surface area contributed by atoms with E-state index in [2.05, 4.69) is 0 Å². The first kappa shape index (κ1) is 13.6. The highest BCUT2D eigenvalue weighted by atomic mass is 19.1. The predicted molar refractivity (Wildman–Crippen MR) is 72.0 cm³/mol. The van der Waals surface area contributed by atoms with Gasteiger partial charge in [-0.05, 0) is 30.3 Å². The van der Waals surface area contributed by atoms with Crippen molar-refractivity contribution < 1.29 is 14.3 Å². The number of phenols is 1. The molecule has 0 atom stereocenters. The van der Waals surface area contributed by atoms with Crippen molar-refractivity contribution in [2.24, 2.45) is 0 Å². The maximum absolute atomic E-state index is 13.7. The zero-order valence-corrected chi connectivity index (χ0v) is 10.7. The van der Waals surface area contributed by atoms with Gasteiger partial charge in [0.2, 0.25) is 0 Å². The quantitative estimate of drug-likeness (QED) is 0.912. The summed E-state index contributed by atoms with van der Waals surface area (Å²) in [5.74, 6) is -1.59. The normalized spacial score (nSPS) is 9.85. The molecule has 2 rings (SSSR count). The summed E-state index contributed by atoms with van der Waals surface area (Å²) in [5.41, 5.74) is 0.752. The highest BCUT2D eigenvalue weighted by molar-refractivity contribution is 6.06. The second-order valence-electron chi connectivity index (χ2n) is 4.19. The van der Waals surface area contributed by atoms with Gasteiger partial charge in [0, 0.05) is 18.8 Å². The van der Waals surface area contributed by atoms with Crippen molar-refractivity contribution in [3.8, 4) is 11.8 Å². The van der Waals surface area contributed by atoms with Crippen LogP contribution in [0.25, 0.3) is 0 Å². The molecule has 0 aliphatic rings. The van der Waals surface area contributed by atoms with Gasteiger partial charge >= 0.3 is 0 Å². The summed E-state index contributed by atoms with van der Waals surface area (Å²) in [7, 11) is 1.49. The number of rotatable bonds is 2. The van der Waals surface area contributed by atoms with Crippen molar-refractivity contribution in [3.05, 3.63) is 59.4 Å². The maximum atomic E-state index is 13.7. The molecule has 0 unspecified atom stereocenters. The van der Waals surface area contributed by atoms with Crippen LogP contribution in [0.4, 0.5) is 10.1 Å². The highest BCUT2D eigenvalue weighted by Gasteiger charge is 2.18. The summed E-state index contributed by atoms with van der Waals surface area (Å²) in [5, 5.41) is 18.0. The zero-order valence-electron chi connectivity index (χ0n) is 10.7. The molecule has 0 radical (unpaired) electrons. The molecule has 0 aromatic heterocycles. The van der Waals surface area contributed by atoms with Crippen molar-refractivity contribution in [3.63, 3.8) is 0 Å². The van der Waals surface area contributed by atoms with E-state index in [0.29, 0.717) is 11.3 Å². The number of aromatic hydroxyl groups is 1. The number of halogens is 1. The molecule has 0 saturated carbocycles. The number of hydrogen-bond acceptors (Lipinski definition) is 3. The van der Waals surface area contributed by atoms with E-state index in [-0.39, 0.29) is 11.3 Å². The molecule has 2 aromatic carbocycles. The molecule has 20 heavy (non-hydrogen) atoms. The maximum Gasteiger partial charge on any atom is 0.260 e. The Bertz CT molecular complexity index is 707. The smallest absolute Gasteiger partial charge is 0.260 e. The summed E-state index contributed by atoms with van der Waals surface area (Å²) < 4.78 is 13.7. The lowest BCUT2D eigenvalue weighted by Gasteiger charge is -2.18. The minimum Gasteiger partial charge on any atom is -0.508 e. The third-order valence-corrected chi connectivity index (χ3v) is 2.85. The molecule has 0 fully saturated rings. The summed E-state index contributed by atoms with van der Waals surface area (Å²) in [4.78, 5) is 13.4. The highest BCUT2D eigenvalue weighted by Crippen LogP contribution is 2.20. The number of anilines is 1. The molecule has 1 amide bonds. The number of nitriles is 1. The number of amides is 1. The zero-order chi connectivity index (χ0) is 14.7. The van der Waals surface area contributed by atoms with Gasteiger partial charge in [0.25, 0.3) is 5.91 Å². The van der Waals surface area contributed by atoms with Gasteiger partial charge in [-0.25, -0.2) is 4.39 Å². The van der Waals surface area contributed by atoms with E-state index < -0.39 is 11.7 Å². The SMILES string of the molecule is CN(C(=O)c1ccc(O)cc1F)c1cccc(C#N)c1. The molecule has 0 heterocycles. The van der Waals surface area contributed by atoms with Crippen LogP contribution in [-0.2, 0) is 0 Å². The lowest BCUT2D eigenvalue weighted by atomic mass is 10.1. The van der Waals surface area contributed by atoms with Gasteiger partial charge < -0.3 is 10.0 Å². The molecular formula is C15H11FN2O2. The summed E-state index contributed by atoms with van der Waals surface area (Å²) in [6, 6.07) is 11.8. The van der Waals surface area contributed by atoms with Gasteiger partial charge in [0.05, 0.1) is 17.2 Å². The largest absolute Gasteiger partial charge is 0.508 e. The lowest BCUT2D eigenvalue weighted by molar-refractivity contribution is 0.0989. The molecule has 0 spiro atoms. The Labute approximate surface area is 115 Å². The second-order valence-corrected chi connectivity index (χ2v) is 4.19. The van der Waals surface area contributed by atoms with Gasteiger partial charge in [0.15, 0.2) is 0 Å². The average molecular weight is 270 g/mol. The topological polar surface area (TPSA) is 64.3 Å². The van der Waals surface area contributed by atoms with Gasteiger partial charge in [-0.2, -0.15) is 5.26 Å². The predicted octanol–water partition coefficient (Wildman–Crippen LogP) is 2.68. The third-order valence-electron chi connectivity index (χ3n) is 2.85. The number of carbonyl (C=O) groups is 1. The summed E-state index contributed by atoms with van der Waals surface area (Å²) in [6.45, 7) is 0. The molecule has 0 bridgehead atoms. The standard InChI is InChI=1S/C15H11FN2O2/c1-18(11-4-2-3-10(7-11)9-17)15(20)13-6-5-12(19)8-14(13)16/h2-8,19H,1H3. The van der Waals surface area contributed by atoms with E-state index in [1.54, 1.807) is 18.2 Å². The molecule has 0 aliphatic carbocycles. The van der Waals surface area contributed by atoms with Crippen LogP contribution >= 0.6 is 0 Å². The second kappa shape index (κ2) is 5.41. The number of nitrogens with zero attached hydrogens (tertiary/aromatic N) is 2. The summed E-state index contributed by atoms with van der Waals surface area (Å²) in [6.07, 6.45) is 0. The van der Waals surface area contributed by atoms with Crippen LogP contribution < -0.4 is 4.90 Å². The van der Waals surface area contributed by atoms with Crippen LogP contribution in [0.1, 0.15) is 15.9 Å². The van der Waals surface area contributed by atoms with Gasteiger partial charge in [-0.15, -0.1) is 0 Å². The van der Waals surface area contributed by atoms with Gasteiger partial charge in [0.1, 0.15) is 11.6 Å². The Morgan fingerprint density at radius 1 is 1.30 bits per heavy atom. The van der Waals surface area contributed by atoms with E-state index >= 15 is 0 Å². The Morgan fingerprint density at radius 3 is 2.70 bits per heavy atom. The number of phenolic OH excluding ortho intramolecular Hbond substituents is 1. The average Bonchev–Trinajstić information content (AvgIpc) is 2.46. The van der Waals surface area contributed by atoms with E-state index in [4.69, 9.17) is 10.4 Å². The van der Waals surface area contributed by atoms with Crippen LogP contribution in [0.3, 0.4) is 0 Å². The molecule has 2 aromatic rings. The lowest BCUT2D eigenvalue weighted by Crippen LogP contribution is -2.27. The van der Waals surface area contributed by atoms with Crippen LogP contribution in [0, 0.1) is 17.1 Å². The van der Waals surface area contributed by atoms with Crippen molar-refractivity contribution in [2.45, 2.75) is 0 Å². The number of carbonyl (C=O) groups excluding carboxylic acids is 1. The molecular weight excluding hydrogens is 259 g/mol. The number of benzene rings is 2. The van der Waals surface area contributed by atoms with Crippen molar-refractivity contribution in [1.82, 2.24) is 0 Å². The minimum atomic E-state index is -0.793. The van der Waals surface area contributed by atoms with Gasteiger partial charge in [-0.1, -0.05) is 6.07 Å². The van der Waals surface area contributed by atoms with Crippen LogP contribution in [0.2, 0.25) is 0 Å². The molecule has 5 heteroatoms. The van der Waals surface area contributed by atoms with Crippen molar-refractivity contribution in [1.29, 1.82) is 5.26 Å². The minimum absolute atomic E-state index is 0.146. The molecule has 100 valence electrons. The monoisotopic (exact) mass is 270 g/mol. The summed E-state index contributed by atoms with van der Waals surface area (Å²) >= 11 is 0. The van der Waals surface area contributed by atoms with Crippen molar-refractivity contribution in [2.75, 3.05) is 11.9 Å². The van der Waals surface area contributed by atoms with E-state index in [1.165, 1.54) is 30.1 Å². The fourth-order valence-corrected chi connectivity index (χ4v) is 1.76. The van der Waals surface area contributed by atoms with E-state index in [1.807, 2.05) is 6.07 Å². The van der Waals surface area contributed by atoms with E-state index in [9.17, 15) is 9.18 Å². The fourth-order valence-electron chi connectivity index (χ4n) is 1.76. The Morgan fingerprint density at radius 2 is 2.05 bits per heavy atom. The molecule has 4 nitrogen and oxygen atoms in total. The van der Waals surface area contributed by atoms with Crippen LogP contribution in [0.5, 0.6) is 5.75 Å². The third kappa shape index (κ3) is 2.59. The first-order chi connectivity index (χ1) is 9.52. The Kier molecular flexibility index (Phi) is 3.67. The molecule has 1 N–H and O–H groups in total. The first-order valence-electron chi connectivity index (χ1n) is 5.79. The number of hydrogen-bond donors (Lipinski definition) is 1. The fraction of sp³-hybridized carbons (Fsp3) is 0.0667. The first-order valence-corrected chi connectivity index (χ1v) is 5.79. The Hall–Kier alpha value is -2.87. The van der Waals surface area contributed by atoms with E-state index in [0.717, 1.165) is 6.07 Å². The van der Waals surface area contributed by atoms with Crippen LogP contribution in [-0.4, -0.2) is 18.1 Å². The van der Waals surface area contributed by atoms with Gasteiger partial charge in [-0.3, -0.25) is 4.79 Å². The van der Waals surface area contributed by atoms with Crippen molar-refractivity contribution >= 4 is 11.6 Å². The Balaban J connectivity index is 2.35.